The summed E-state index contributed by atoms with van der Waals surface area (Å²) in [6.45, 7) is 0.0423. The number of carbonyl (C=O) groups is 1. The summed E-state index contributed by atoms with van der Waals surface area (Å²) in [7, 11) is 0. The lowest BCUT2D eigenvalue weighted by Crippen LogP contribution is -2.28. The van der Waals surface area contributed by atoms with Crippen molar-refractivity contribution in [1.29, 1.82) is 0 Å². The Balaban J connectivity index is 2.40. The van der Waals surface area contributed by atoms with Gasteiger partial charge in [0.05, 0.1) is 5.56 Å². The van der Waals surface area contributed by atoms with Crippen LogP contribution in [0.15, 0.2) is 18.2 Å². The van der Waals surface area contributed by atoms with Gasteiger partial charge in [-0.25, -0.2) is 4.79 Å². The van der Waals surface area contributed by atoms with E-state index in [0.29, 0.717) is 5.56 Å². The van der Waals surface area contributed by atoms with Crippen LogP contribution in [0.4, 0.5) is 13.2 Å². The average Bonchev–Trinajstić information content (AvgIpc) is 2.58. The van der Waals surface area contributed by atoms with E-state index in [2.05, 4.69) is 5.32 Å². The molecule has 1 aromatic rings. The summed E-state index contributed by atoms with van der Waals surface area (Å²) in [5.74, 6) is -1.14. The quantitative estimate of drug-likeness (QED) is 0.778. The summed E-state index contributed by atoms with van der Waals surface area (Å²) in [4.78, 5) is 10.6. The van der Waals surface area contributed by atoms with Crippen LogP contribution in [0.5, 0.6) is 0 Å². The summed E-state index contributed by atoms with van der Waals surface area (Å²) in [5, 5.41) is 11.0. The Bertz CT molecular complexity index is 442. The molecule has 0 bridgehead atoms. The van der Waals surface area contributed by atoms with Crippen LogP contribution in [0.3, 0.4) is 0 Å². The lowest BCUT2D eigenvalue weighted by Gasteiger charge is -2.15. The summed E-state index contributed by atoms with van der Waals surface area (Å²) >= 11 is 0. The molecule has 0 aliphatic carbocycles. The van der Waals surface area contributed by atoms with Gasteiger partial charge in [-0.1, -0.05) is 6.07 Å². The highest BCUT2D eigenvalue weighted by Gasteiger charge is 2.44. The van der Waals surface area contributed by atoms with Crippen molar-refractivity contribution in [3.8, 4) is 0 Å². The molecule has 0 spiro atoms. The maximum Gasteiger partial charge on any atom is 0.407 e. The second-order valence-electron chi connectivity index (χ2n) is 3.57. The Kier molecular flexibility index (Phi) is 2.38. The molecule has 2 N–H and O–H groups in total. The lowest BCUT2D eigenvalue weighted by molar-refractivity contribution is -0.155. The summed E-state index contributed by atoms with van der Waals surface area (Å²) in [6.07, 6.45) is -4.35. The third kappa shape index (κ3) is 1.76. The van der Waals surface area contributed by atoms with Crippen LogP contribution >= 0.6 is 0 Å². The van der Waals surface area contributed by atoms with E-state index < -0.39 is 18.2 Å². The van der Waals surface area contributed by atoms with Crippen LogP contribution in [0.2, 0.25) is 0 Å². The second kappa shape index (κ2) is 3.48. The van der Waals surface area contributed by atoms with Gasteiger partial charge in [0.25, 0.3) is 0 Å². The van der Waals surface area contributed by atoms with Crippen molar-refractivity contribution in [1.82, 2.24) is 5.32 Å². The summed E-state index contributed by atoms with van der Waals surface area (Å²) in [6, 6.07) is 1.99. The van der Waals surface area contributed by atoms with Gasteiger partial charge in [-0.15, -0.1) is 0 Å². The molecule has 0 saturated carbocycles. The van der Waals surface area contributed by atoms with Crippen molar-refractivity contribution in [2.75, 3.05) is 0 Å². The fourth-order valence-electron chi connectivity index (χ4n) is 1.79. The zero-order chi connectivity index (χ0) is 11.9. The molecule has 16 heavy (non-hydrogen) atoms. The van der Waals surface area contributed by atoms with Gasteiger partial charge in [-0.3, -0.25) is 5.32 Å². The standard InChI is InChI=1S/C10H8F3NO2/c11-10(12,13)8-7-2-1-5(9(15)16)3-6(7)4-14-8/h1-3,8,14H,4H2,(H,15,16). The Labute approximate surface area is 88.9 Å². The Hall–Kier alpha value is -1.56. The number of carboxylic acid groups (broad SMARTS) is 1. The van der Waals surface area contributed by atoms with Crippen LogP contribution in [0.25, 0.3) is 0 Å². The Morgan fingerprint density at radius 1 is 1.44 bits per heavy atom. The number of nitrogens with one attached hydrogen (secondary N) is 1. The van der Waals surface area contributed by atoms with Crippen LogP contribution < -0.4 is 5.32 Å². The molecule has 0 amide bonds. The summed E-state index contributed by atoms with van der Waals surface area (Å²) in [5.41, 5.74) is 0.503. The minimum Gasteiger partial charge on any atom is -0.478 e. The highest BCUT2D eigenvalue weighted by atomic mass is 19.4. The van der Waals surface area contributed by atoms with E-state index in [0.717, 1.165) is 0 Å². The third-order valence-electron chi connectivity index (χ3n) is 2.52. The maximum atomic E-state index is 12.5. The van der Waals surface area contributed by atoms with Gasteiger partial charge in [-0.05, 0) is 23.3 Å². The largest absolute Gasteiger partial charge is 0.478 e. The predicted octanol–water partition coefficient (Wildman–Crippen LogP) is 2.09. The fraction of sp³-hybridized carbons (Fsp3) is 0.300. The topological polar surface area (TPSA) is 49.3 Å². The Morgan fingerprint density at radius 3 is 2.69 bits per heavy atom. The van der Waals surface area contributed by atoms with Gasteiger partial charge in [0, 0.05) is 6.54 Å². The number of hydrogen-bond acceptors (Lipinski definition) is 2. The monoisotopic (exact) mass is 231 g/mol. The molecule has 0 aromatic heterocycles. The number of halogens is 3. The van der Waals surface area contributed by atoms with Gasteiger partial charge in [0.15, 0.2) is 0 Å². The zero-order valence-corrected chi connectivity index (χ0v) is 8.01. The number of rotatable bonds is 1. The van der Waals surface area contributed by atoms with Gasteiger partial charge in [-0.2, -0.15) is 13.2 Å². The molecule has 0 saturated heterocycles. The molecule has 86 valence electrons. The number of benzene rings is 1. The first-order valence-electron chi connectivity index (χ1n) is 4.56. The lowest BCUT2D eigenvalue weighted by atomic mass is 10.0. The van der Waals surface area contributed by atoms with Gasteiger partial charge in [0.2, 0.25) is 0 Å². The normalized spacial score (nSPS) is 19.6. The molecule has 0 fully saturated rings. The van der Waals surface area contributed by atoms with Crippen LogP contribution in [0.1, 0.15) is 27.5 Å². The minimum atomic E-state index is -4.35. The second-order valence-corrected chi connectivity index (χ2v) is 3.57. The predicted molar refractivity (Wildman–Crippen MR) is 49.0 cm³/mol. The number of carboxylic acids is 1. The van der Waals surface area contributed by atoms with E-state index in [-0.39, 0.29) is 17.7 Å². The molecule has 1 aliphatic rings. The number of hydrogen-bond donors (Lipinski definition) is 2. The molecular formula is C10H8F3NO2. The van der Waals surface area contributed by atoms with Crippen LogP contribution in [-0.2, 0) is 6.54 Å². The van der Waals surface area contributed by atoms with Crippen molar-refractivity contribution in [3.05, 3.63) is 34.9 Å². The number of fused-ring (bicyclic) bond motifs is 1. The average molecular weight is 231 g/mol. The maximum absolute atomic E-state index is 12.5. The molecule has 1 aromatic carbocycles. The zero-order valence-electron chi connectivity index (χ0n) is 8.01. The number of aromatic carboxylic acids is 1. The molecule has 1 aliphatic heterocycles. The van der Waals surface area contributed by atoms with E-state index in [1.54, 1.807) is 0 Å². The molecule has 2 rings (SSSR count). The minimum absolute atomic E-state index is 0.00312. The first kappa shape index (κ1) is 10.9. The van der Waals surface area contributed by atoms with E-state index in [1.165, 1.54) is 18.2 Å². The smallest absolute Gasteiger partial charge is 0.407 e. The van der Waals surface area contributed by atoms with Gasteiger partial charge < -0.3 is 5.11 Å². The van der Waals surface area contributed by atoms with Crippen molar-refractivity contribution < 1.29 is 23.1 Å². The Morgan fingerprint density at radius 2 is 2.12 bits per heavy atom. The first-order valence-corrected chi connectivity index (χ1v) is 4.56. The van der Waals surface area contributed by atoms with Crippen LogP contribution in [0, 0.1) is 0 Å². The van der Waals surface area contributed by atoms with Crippen LogP contribution in [-0.4, -0.2) is 17.3 Å². The van der Waals surface area contributed by atoms with Crippen molar-refractivity contribution in [2.45, 2.75) is 18.8 Å². The van der Waals surface area contributed by atoms with E-state index >= 15 is 0 Å². The molecule has 1 unspecified atom stereocenters. The molecule has 1 atom stereocenters. The van der Waals surface area contributed by atoms with Crippen molar-refractivity contribution in [3.63, 3.8) is 0 Å². The SMILES string of the molecule is O=C(O)c1ccc2c(c1)CNC2C(F)(F)F. The highest BCUT2D eigenvalue weighted by Crippen LogP contribution is 2.38. The third-order valence-corrected chi connectivity index (χ3v) is 2.52. The van der Waals surface area contributed by atoms with Gasteiger partial charge >= 0.3 is 12.1 Å². The fourth-order valence-corrected chi connectivity index (χ4v) is 1.79. The van der Waals surface area contributed by atoms with E-state index in [4.69, 9.17) is 5.11 Å². The number of alkyl halides is 3. The molecule has 3 nitrogen and oxygen atoms in total. The molecule has 1 heterocycles. The highest BCUT2D eigenvalue weighted by molar-refractivity contribution is 5.88. The van der Waals surface area contributed by atoms with E-state index in [1.807, 2.05) is 0 Å². The molecule has 0 radical (unpaired) electrons. The van der Waals surface area contributed by atoms with Crippen molar-refractivity contribution >= 4 is 5.97 Å². The molecule has 6 heteroatoms. The molecular weight excluding hydrogens is 223 g/mol. The van der Waals surface area contributed by atoms with Gasteiger partial charge in [0.1, 0.15) is 6.04 Å². The first-order chi connectivity index (χ1) is 7.39. The van der Waals surface area contributed by atoms with E-state index in [9.17, 15) is 18.0 Å². The van der Waals surface area contributed by atoms with Crippen molar-refractivity contribution in [2.24, 2.45) is 0 Å². The summed E-state index contributed by atoms with van der Waals surface area (Å²) < 4.78 is 37.6.